The highest BCUT2D eigenvalue weighted by molar-refractivity contribution is 5.76. The molecule has 0 N–H and O–H groups in total. The van der Waals surface area contributed by atoms with Gasteiger partial charge in [0.2, 0.25) is 5.91 Å². The van der Waals surface area contributed by atoms with E-state index in [1.165, 1.54) is 6.33 Å². The van der Waals surface area contributed by atoms with E-state index in [4.69, 9.17) is 4.74 Å². The van der Waals surface area contributed by atoms with Crippen LogP contribution in [0.4, 0.5) is 5.82 Å². The van der Waals surface area contributed by atoms with Crippen molar-refractivity contribution < 1.29 is 9.53 Å². The Morgan fingerprint density at radius 2 is 2.08 bits per heavy atom. The van der Waals surface area contributed by atoms with Crippen LogP contribution in [0.3, 0.4) is 0 Å². The molecular weight excluding hydrogens is 332 g/mol. The molecule has 0 unspecified atom stereocenters. The quantitative estimate of drug-likeness (QED) is 0.806. The summed E-state index contributed by atoms with van der Waals surface area (Å²) >= 11 is 0. The van der Waals surface area contributed by atoms with Gasteiger partial charge in [0.05, 0.1) is 12.3 Å². The summed E-state index contributed by atoms with van der Waals surface area (Å²) in [5.41, 5.74) is 0.865. The Bertz CT molecular complexity index is 768. The molecule has 8 heteroatoms. The molecule has 0 saturated carbocycles. The van der Waals surface area contributed by atoms with Gasteiger partial charge in [-0.25, -0.2) is 4.98 Å². The molecule has 2 aromatic rings. The lowest BCUT2D eigenvalue weighted by atomic mass is 9.95. The molecule has 2 saturated heterocycles. The van der Waals surface area contributed by atoms with Gasteiger partial charge in [0.1, 0.15) is 12.1 Å². The Labute approximate surface area is 153 Å². The van der Waals surface area contributed by atoms with E-state index in [0.717, 1.165) is 69.8 Å². The van der Waals surface area contributed by atoms with E-state index in [1.807, 2.05) is 6.07 Å². The number of likely N-dealkylation sites (tertiary alicyclic amines) is 1. The van der Waals surface area contributed by atoms with E-state index in [2.05, 4.69) is 24.9 Å². The van der Waals surface area contributed by atoms with E-state index in [9.17, 15) is 4.79 Å². The first-order valence-electron chi connectivity index (χ1n) is 9.46. The van der Waals surface area contributed by atoms with Crippen LogP contribution in [0, 0.1) is 5.92 Å². The Morgan fingerprint density at radius 1 is 1.23 bits per heavy atom. The second-order valence-corrected chi connectivity index (χ2v) is 7.24. The predicted octanol–water partition coefficient (Wildman–Crippen LogP) is 1.50. The molecule has 1 amide bonds. The summed E-state index contributed by atoms with van der Waals surface area (Å²) in [6.07, 6.45) is 6.63. The Balaban J connectivity index is 1.43. The van der Waals surface area contributed by atoms with Gasteiger partial charge in [0.15, 0.2) is 0 Å². The fourth-order valence-electron chi connectivity index (χ4n) is 4.00. The van der Waals surface area contributed by atoms with E-state index < -0.39 is 0 Å². The molecule has 0 aromatic carbocycles. The zero-order valence-corrected chi connectivity index (χ0v) is 15.3. The van der Waals surface area contributed by atoms with Gasteiger partial charge in [0, 0.05) is 45.8 Å². The van der Waals surface area contributed by atoms with E-state index in [0.29, 0.717) is 24.2 Å². The van der Waals surface area contributed by atoms with Gasteiger partial charge in [-0.15, -0.1) is 0 Å². The first kappa shape index (κ1) is 17.2. The van der Waals surface area contributed by atoms with Crippen LogP contribution in [0.5, 0.6) is 0 Å². The molecule has 2 aliphatic rings. The van der Waals surface area contributed by atoms with Crippen LogP contribution in [0.1, 0.15) is 37.8 Å². The van der Waals surface area contributed by atoms with Crippen LogP contribution in [0.2, 0.25) is 0 Å². The molecule has 2 fully saturated rings. The van der Waals surface area contributed by atoms with E-state index in [-0.39, 0.29) is 0 Å². The smallest absolute Gasteiger partial charge is 0.254 e. The fourth-order valence-corrected chi connectivity index (χ4v) is 4.00. The number of amides is 1. The maximum absolute atomic E-state index is 12.0. The molecule has 0 aliphatic carbocycles. The number of carbonyl (C=O) groups excluding carboxylic acids is 1. The number of ether oxygens (including phenoxy) is 1. The number of nitrogens with zero attached hydrogens (tertiary/aromatic N) is 6. The van der Waals surface area contributed by atoms with Crippen molar-refractivity contribution in [3.05, 3.63) is 18.1 Å². The summed E-state index contributed by atoms with van der Waals surface area (Å²) in [7, 11) is 1.67. The minimum atomic E-state index is 0.335. The van der Waals surface area contributed by atoms with E-state index >= 15 is 0 Å². The average Bonchev–Trinajstić information content (AvgIpc) is 3.12. The average molecular weight is 358 g/mol. The lowest BCUT2D eigenvalue weighted by Crippen LogP contribution is -2.43. The van der Waals surface area contributed by atoms with Gasteiger partial charge in [-0.05, 0) is 31.6 Å². The van der Waals surface area contributed by atoms with Crippen molar-refractivity contribution in [1.82, 2.24) is 24.5 Å². The van der Waals surface area contributed by atoms with Gasteiger partial charge in [-0.1, -0.05) is 0 Å². The van der Waals surface area contributed by atoms with Crippen LogP contribution in [0.15, 0.2) is 12.4 Å². The zero-order chi connectivity index (χ0) is 17.9. The van der Waals surface area contributed by atoms with Crippen molar-refractivity contribution >= 4 is 17.5 Å². The van der Waals surface area contributed by atoms with Crippen LogP contribution >= 0.6 is 0 Å². The summed E-state index contributed by atoms with van der Waals surface area (Å²) < 4.78 is 7.03. The molecule has 8 nitrogen and oxygen atoms in total. The summed E-state index contributed by atoms with van der Waals surface area (Å²) in [5.74, 6) is 2.55. The second kappa shape index (κ2) is 7.57. The Kier molecular flexibility index (Phi) is 5.01. The zero-order valence-electron chi connectivity index (χ0n) is 15.3. The number of hydrogen-bond acceptors (Lipinski definition) is 6. The summed E-state index contributed by atoms with van der Waals surface area (Å²) in [6.45, 7) is 4.22. The minimum absolute atomic E-state index is 0.335. The maximum Gasteiger partial charge on any atom is 0.254 e. The van der Waals surface area contributed by atoms with Crippen molar-refractivity contribution in [1.29, 1.82) is 0 Å². The number of piperidine rings is 2. The summed E-state index contributed by atoms with van der Waals surface area (Å²) in [5, 5.41) is 4.33. The number of hydrogen-bond donors (Lipinski definition) is 0. The second-order valence-electron chi connectivity index (χ2n) is 7.24. The highest BCUT2D eigenvalue weighted by Crippen LogP contribution is 2.25. The molecule has 0 bridgehead atoms. The van der Waals surface area contributed by atoms with Gasteiger partial charge < -0.3 is 14.5 Å². The monoisotopic (exact) mass is 358 g/mol. The van der Waals surface area contributed by atoms with Crippen LogP contribution in [0.25, 0.3) is 5.78 Å². The van der Waals surface area contributed by atoms with E-state index in [1.54, 1.807) is 11.6 Å². The number of fused-ring (bicyclic) bond motifs is 1. The lowest BCUT2D eigenvalue weighted by Gasteiger charge is -2.37. The molecule has 0 atom stereocenters. The Hall–Kier alpha value is -2.22. The molecule has 2 aromatic heterocycles. The van der Waals surface area contributed by atoms with Gasteiger partial charge in [-0.2, -0.15) is 14.6 Å². The third kappa shape index (κ3) is 3.51. The van der Waals surface area contributed by atoms with Crippen LogP contribution in [-0.4, -0.2) is 63.7 Å². The maximum atomic E-state index is 12.0. The number of anilines is 1. The van der Waals surface area contributed by atoms with Crippen LogP contribution < -0.4 is 4.90 Å². The largest absolute Gasteiger partial charge is 0.378 e. The highest BCUT2D eigenvalue weighted by Gasteiger charge is 2.26. The van der Waals surface area contributed by atoms with Gasteiger partial charge in [-0.3, -0.25) is 4.79 Å². The predicted molar refractivity (Wildman–Crippen MR) is 96.9 cm³/mol. The number of carbonyl (C=O) groups is 1. The minimum Gasteiger partial charge on any atom is -0.378 e. The normalized spacial score (nSPS) is 19.5. The molecule has 26 heavy (non-hydrogen) atoms. The number of rotatable bonds is 5. The standard InChI is InChI=1S/C18H26N6O2/c1-26-12-15-10-16(24-18(21-15)19-13-20-24)22-8-5-14(6-9-22)11-23-7-3-2-4-17(23)25/h10,13-14H,2-9,11-12H2,1H3. The van der Waals surface area contributed by atoms with Crippen LogP contribution in [-0.2, 0) is 16.1 Å². The van der Waals surface area contributed by atoms with Crippen molar-refractivity contribution in [2.24, 2.45) is 5.92 Å². The van der Waals surface area contributed by atoms with Gasteiger partial charge >= 0.3 is 0 Å². The SMILES string of the molecule is COCc1cc(N2CCC(CN3CCCCC3=O)CC2)n2ncnc2n1. The summed E-state index contributed by atoms with van der Waals surface area (Å²) in [4.78, 5) is 25.2. The third-order valence-electron chi connectivity index (χ3n) is 5.42. The topological polar surface area (TPSA) is 75.9 Å². The van der Waals surface area contributed by atoms with Crippen molar-refractivity contribution in [2.45, 2.75) is 38.7 Å². The lowest BCUT2D eigenvalue weighted by molar-refractivity contribution is -0.134. The molecule has 4 rings (SSSR count). The molecular formula is C18H26N6O2. The third-order valence-corrected chi connectivity index (χ3v) is 5.42. The molecule has 140 valence electrons. The fraction of sp³-hybridized carbons (Fsp3) is 0.667. The number of aromatic nitrogens is 4. The molecule has 2 aliphatic heterocycles. The number of methoxy groups -OCH3 is 1. The highest BCUT2D eigenvalue weighted by atomic mass is 16.5. The molecule has 0 spiro atoms. The first-order valence-corrected chi connectivity index (χ1v) is 9.46. The first-order chi connectivity index (χ1) is 12.7. The van der Waals surface area contributed by atoms with Gasteiger partial charge in [0.25, 0.3) is 5.78 Å². The summed E-state index contributed by atoms with van der Waals surface area (Å²) in [6, 6.07) is 2.04. The van der Waals surface area contributed by atoms with Crippen molar-refractivity contribution in [3.63, 3.8) is 0 Å². The van der Waals surface area contributed by atoms with Crippen molar-refractivity contribution in [3.8, 4) is 0 Å². The Morgan fingerprint density at radius 3 is 2.85 bits per heavy atom. The van der Waals surface area contributed by atoms with Crippen molar-refractivity contribution in [2.75, 3.05) is 38.2 Å². The molecule has 4 heterocycles. The molecule has 0 radical (unpaired) electrons.